The zero-order chi connectivity index (χ0) is 20.8. The largest absolute Gasteiger partial charge is 0.377 e. The highest BCUT2D eigenvalue weighted by Crippen LogP contribution is 2.26. The molecule has 1 aromatic carbocycles. The predicted octanol–water partition coefficient (Wildman–Crippen LogP) is 4.14. The van der Waals surface area contributed by atoms with Gasteiger partial charge in [0.15, 0.2) is 0 Å². The number of carbonyl (C=O) groups is 1. The summed E-state index contributed by atoms with van der Waals surface area (Å²) in [6.07, 6.45) is 4.92. The minimum Gasteiger partial charge on any atom is -0.377 e. The molecule has 5 nitrogen and oxygen atoms in total. The predicted molar refractivity (Wildman–Crippen MR) is 119 cm³/mol. The molecule has 2 saturated heterocycles. The van der Waals surface area contributed by atoms with Crippen molar-refractivity contribution in [3.63, 3.8) is 0 Å². The first-order valence-electron chi connectivity index (χ1n) is 10.8. The molecule has 0 aromatic heterocycles. The van der Waals surface area contributed by atoms with E-state index >= 15 is 0 Å². The Balaban J connectivity index is 1.39. The highest BCUT2D eigenvalue weighted by Gasteiger charge is 2.28. The third-order valence-corrected chi connectivity index (χ3v) is 6.71. The van der Waals surface area contributed by atoms with Crippen LogP contribution in [0, 0.1) is 0 Å². The van der Waals surface area contributed by atoms with Gasteiger partial charge in [0.05, 0.1) is 24.8 Å². The van der Waals surface area contributed by atoms with Crippen LogP contribution in [0.1, 0.15) is 51.1 Å². The maximum Gasteiger partial charge on any atom is 0.237 e. The van der Waals surface area contributed by atoms with E-state index in [0.29, 0.717) is 16.1 Å². The summed E-state index contributed by atoms with van der Waals surface area (Å²) >= 11 is 12.2. The summed E-state index contributed by atoms with van der Waals surface area (Å²) in [7, 11) is 0. The van der Waals surface area contributed by atoms with Gasteiger partial charge < -0.3 is 15.0 Å². The summed E-state index contributed by atoms with van der Waals surface area (Å²) in [5, 5.41) is 4.25. The molecule has 7 heteroatoms. The standard InChI is InChI=1S/C22H33Cl2N3O2/c1-16(20-6-5-18(23)15-21(20)24)25-22(28)17(2)27-11-7-19(8-12-27)29-14-13-26-9-3-4-10-26/h5-6,15-17,19H,3-4,7-14H2,1-2H3,(H,25,28). The van der Waals surface area contributed by atoms with Gasteiger partial charge in [-0.15, -0.1) is 0 Å². The van der Waals surface area contributed by atoms with Gasteiger partial charge >= 0.3 is 0 Å². The first-order valence-corrected chi connectivity index (χ1v) is 11.5. The zero-order valence-electron chi connectivity index (χ0n) is 17.5. The van der Waals surface area contributed by atoms with Gasteiger partial charge in [-0.2, -0.15) is 0 Å². The second-order valence-corrected chi connectivity index (χ2v) is 9.07. The van der Waals surface area contributed by atoms with Crippen molar-refractivity contribution < 1.29 is 9.53 Å². The van der Waals surface area contributed by atoms with Crippen LogP contribution in [0.2, 0.25) is 10.0 Å². The van der Waals surface area contributed by atoms with Crippen LogP contribution >= 0.6 is 23.2 Å². The quantitative estimate of drug-likeness (QED) is 0.658. The second-order valence-electron chi connectivity index (χ2n) is 8.23. The van der Waals surface area contributed by atoms with E-state index in [1.165, 1.54) is 25.9 Å². The highest BCUT2D eigenvalue weighted by molar-refractivity contribution is 6.35. The molecule has 1 N–H and O–H groups in total. The van der Waals surface area contributed by atoms with Gasteiger partial charge in [0.2, 0.25) is 5.91 Å². The topological polar surface area (TPSA) is 44.8 Å². The molecular formula is C22H33Cl2N3O2. The van der Waals surface area contributed by atoms with E-state index in [0.717, 1.165) is 44.6 Å². The number of likely N-dealkylation sites (tertiary alicyclic amines) is 2. The van der Waals surface area contributed by atoms with Crippen molar-refractivity contribution in [3.05, 3.63) is 33.8 Å². The third-order valence-electron chi connectivity index (χ3n) is 6.15. The van der Waals surface area contributed by atoms with Crippen LogP contribution in [0.5, 0.6) is 0 Å². The maximum atomic E-state index is 12.7. The number of halogens is 2. The molecular weight excluding hydrogens is 409 g/mol. The number of hydrogen-bond donors (Lipinski definition) is 1. The number of carbonyl (C=O) groups excluding carboxylic acids is 1. The van der Waals surface area contributed by atoms with E-state index in [-0.39, 0.29) is 18.0 Å². The fraction of sp³-hybridized carbons (Fsp3) is 0.682. The number of rotatable bonds is 8. The number of piperidine rings is 1. The summed E-state index contributed by atoms with van der Waals surface area (Å²) in [6, 6.07) is 5.03. The molecule has 2 heterocycles. The van der Waals surface area contributed by atoms with Crippen molar-refractivity contribution in [1.82, 2.24) is 15.1 Å². The first kappa shape index (κ1) is 22.8. The van der Waals surface area contributed by atoms with Gasteiger partial charge in [0, 0.05) is 29.7 Å². The molecule has 0 saturated carbocycles. The Labute approximate surface area is 184 Å². The molecule has 0 bridgehead atoms. The van der Waals surface area contributed by atoms with E-state index < -0.39 is 0 Å². The molecule has 3 rings (SSSR count). The van der Waals surface area contributed by atoms with Crippen LogP contribution in [0.4, 0.5) is 0 Å². The number of nitrogens with zero attached hydrogens (tertiary/aromatic N) is 2. The molecule has 2 unspecified atom stereocenters. The van der Waals surface area contributed by atoms with Crippen molar-refractivity contribution in [2.24, 2.45) is 0 Å². The van der Waals surface area contributed by atoms with Crippen LogP contribution in [0.25, 0.3) is 0 Å². The average Bonchev–Trinajstić information content (AvgIpc) is 3.21. The van der Waals surface area contributed by atoms with Crippen molar-refractivity contribution >= 4 is 29.1 Å². The second kappa shape index (κ2) is 11.0. The summed E-state index contributed by atoms with van der Waals surface area (Å²) < 4.78 is 6.08. The Hall–Kier alpha value is -0.850. The zero-order valence-corrected chi connectivity index (χ0v) is 19.0. The van der Waals surface area contributed by atoms with Crippen LogP contribution in [0.15, 0.2) is 18.2 Å². The smallest absolute Gasteiger partial charge is 0.237 e. The summed E-state index contributed by atoms with van der Waals surface area (Å²) in [5.41, 5.74) is 0.877. The molecule has 2 aliphatic heterocycles. The van der Waals surface area contributed by atoms with Crippen LogP contribution in [-0.2, 0) is 9.53 Å². The first-order chi connectivity index (χ1) is 13.9. The molecule has 0 spiro atoms. The number of amides is 1. The van der Waals surface area contributed by atoms with E-state index in [1.54, 1.807) is 12.1 Å². The normalized spacial score (nSPS) is 21.2. The van der Waals surface area contributed by atoms with Gasteiger partial charge in [-0.3, -0.25) is 9.69 Å². The minimum absolute atomic E-state index is 0.0249. The number of ether oxygens (including phenoxy) is 1. The Morgan fingerprint density at radius 3 is 2.52 bits per heavy atom. The highest BCUT2D eigenvalue weighted by atomic mass is 35.5. The van der Waals surface area contributed by atoms with Crippen LogP contribution in [0.3, 0.4) is 0 Å². The molecule has 1 amide bonds. The van der Waals surface area contributed by atoms with Crippen molar-refractivity contribution in [1.29, 1.82) is 0 Å². The Morgan fingerprint density at radius 2 is 1.86 bits per heavy atom. The summed E-state index contributed by atoms with van der Waals surface area (Å²) in [5.74, 6) is 0.0249. The number of hydrogen-bond acceptors (Lipinski definition) is 4. The van der Waals surface area contributed by atoms with E-state index in [9.17, 15) is 4.79 Å². The van der Waals surface area contributed by atoms with Gasteiger partial charge in [-0.05, 0) is 70.3 Å². The van der Waals surface area contributed by atoms with Gasteiger partial charge in [-0.1, -0.05) is 29.3 Å². The monoisotopic (exact) mass is 441 g/mol. The maximum absolute atomic E-state index is 12.7. The third kappa shape index (κ3) is 6.56. The average molecular weight is 442 g/mol. The lowest BCUT2D eigenvalue weighted by atomic mass is 10.0. The lowest BCUT2D eigenvalue weighted by Crippen LogP contribution is -2.49. The number of benzene rings is 1. The fourth-order valence-electron chi connectivity index (χ4n) is 4.21. The fourth-order valence-corrected chi connectivity index (χ4v) is 4.79. The molecule has 1 aromatic rings. The van der Waals surface area contributed by atoms with Gasteiger partial charge in [0.1, 0.15) is 0 Å². The van der Waals surface area contributed by atoms with Crippen LogP contribution in [-0.4, -0.2) is 67.2 Å². The molecule has 2 aliphatic rings. The minimum atomic E-state index is -0.172. The molecule has 2 atom stereocenters. The van der Waals surface area contributed by atoms with E-state index in [4.69, 9.17) is 27.9 Å². The SMILES string of the molecule is CC(NC(=O)C(C)N1CCC(OCCN2CCCC2)CC1)c1ccc(Cl)cc1Cl. The van der Waals surface area contributed by atoms with E-state index in [1.807, 2.05) is 19.9 Å². The molecule has 0 radical (unpaired) electrons. The molecule has 29 heavy (non-hydrogen) atoms. The van der Waals surface area contributed by atoms with E-state index in [2.05, 4.69) is 15.1 Å². The molecule has 0 aliphatic carbocycles. The Bertz CT molecular complexity index is 674. The Kier molecular flexibility index (Phi) is 8.63. The lowest BCUT2D eigenvalue weighted by Gasteiger charge is -2.35. The van der Waals surface area contributed by atoms with Crippen molar-refractivity contribution in [2.45, 2.75) is 57.7 Å². The lowest BCUT2D eigenvalue weighted by molar-refractivity contribution is -0.127. The van der Waals surface area contributed by atoms with Gasteiger partial charge in [0.25, 0.3) is 0 Å². The van der Waals surface area contributed by atoms with Crippen molar-refractivity contribution in [3.8, 4) is 0 Å². The van der Waals surface area contributed by atoms with Crippen LogP contribution < -0.4 is 5.32 Å². The molecule has 2 fully saturated rings. The van der Waals surface area contributed by atoms with Crippen molar-refractivity contribution in [2.75, 3.05) is 39.3 Å². The number of nitrogens with one attached hydrogen (secondary N) is 1. The Morgan fingerprint density at radius 1 is 1.17 bits per heavy atom. The summed E-state index contributed by atoms with van der Waals surface area (Å²) in [6.45, 7) is 9.99. The van der Waals surface area contributed by atoms with Gasteiger partial charge in [-0.25, -0.2) is 0 Å². The summed E-state index contributed by atoms with van der Waals surface area (Å²) in [4.78, 5) is 17.5. The molecule has 162 valence electrons.